The topological polar surface area (TPSA) is 68.1 Å². The van der Waals surface area contributed by atoms with E-state index in [0.29, 0.717) is 27.6 Å². The minimum absolute atomic E-state index is 0.0234. The number of phenols is 1. The number of rotatable bonds is 3. The fourth-order valence-corrected chi connectivity index (χ4v) is 2.30. The average Bonchev–Trinajstić information content (AvgIpc) is 2.91. The number of carbonyl (C=O) groups excluding carboxylic acids is 1. The summed E-state index contributed by atoms with van der Waals surface area (Å²) in [6.07, 6.45) is 1.63. The summed E-state index contributed by atoms with van der Waals surface area (Å²) in [7, 11) is 1.45. The Bertz CT molecular complexity index is 825. The number of carbonyl (C=O) groups is 1. The standard InChI is InChI=1S/C17H12ClNO4/c1-22-15-9-10(2-7-14(15)20)8-13-16(19-23-17(13)21)11-3-5-12(18)6-4-11/h2-9,20H,1H3/b13-8-. The molecule has 116 valence electrons. The number of halogens is 1. The van der Waals surface area contributed by atoms with Crippen LogP contribution in [0.25, 0.3) is 6.08 Å². The number of hydrogen-bond acceptors (Lipinski definition) is 5. The van der Waals surface area contributed by atoms with Crippen LogP contribution in [-0.4, -0.2) is 23.9 Å². The van der Waals surface area contributed by atoms with Crippen molar-refractivity contribution in [1.82, 2.24) is 0 Å². The molecule has 2 aromatic carbocycles. The van der Waals surface area contributed by atoms with E-state index in [2.05, 4.69) is 5.16 Å². The second-order valence-corrected chi connectivity index (χ2v) is 5.25. The second kappa shape index (κ2) is 6.14. The van der Waals surface area contributed by atoms with E-state index in [1.54, 1.807) is 42.5 Å². The Morgan fingerprint density at radius 1 is 1.22 bits per heavy atom. The minimum Gasteiger partial charge on any atom is -0.504 e. The van der Waals surface area contributed by atoms with Crippen LogP contribution in [0.5, 0.6) is 11.5 Å². The number of phenolic OH excluding ortho intramolecular Hbond substituents is 1. The van der Waals surface area contributed by atoms with Crippen LogP contribution in [0.4, 0.5) is 0 Å². The highest BCUT2D eigenvalue weighted by Crippen LogP contribution is 2.28. The van der Waals surface area contributed by atoms with Gasteiger partial charge in [0.2, 0.25) is 0 Å². The van der Waals surface area contributed by atoms with Crippen LogP contribution in [0, 0.1) is 0 Å². The van der Waals surface area contributed by atoms with Crippen LogP contribution in [0.3, 0.4) is 0 Å². The van der Waals surface area contributed by atoms with Crippen molar-refractivity contribution in [1.29, 1.82) is 0 Å². The molecule has 2 aromatic rings. The van der Waals surface area contributed by atoms with Gasteiger partial charge in [-0.2, -0.15) is 0 Å². The van der Waals surface area contributed by atoms with Crippen molar-refractivity contribution < 1.29 is 19.5 Å². The first-order valence-electron chi connectivity index (χ1n) is 6.73. The van der Waals surface area contributed by atoms with Gasteiger partial charge in [-0.05, 0) is 35.9 Å². The van der Waals surface area contributed by atoms with E-state index in [1.165, 1.54) is 13.2 Å². The molecule has 0 unspecified atom stereocenters. The van der Waals surface area contributed by atoms with Crippen molar-refractivity contribution in [3.8, 4) is 11.5 Å². The third-order valence-corrected chi connectivity index (χ3v) is 3.58. The summed E-state index contributed by atoms with van der Waals surface area (Å²) in [6.45, 7) is 0. The first-order chi connectivity index (χ1) is 11.1. The van der Waals surface area contributed by atoms with Gasteiger partial charge < -0.3 is 14.7 Å². The van der Waals surface area contributed by atoms with E-state index in [-0.39, 0.29) is 5.75 Å². The molecule has 1 heterocycles. The van der Waals surface area contributed by atoms with Gasteiger partial charge in [0.15, 0.2) is 11.5 Å². The molecule has 0 amide bonds. The Hall–Kier alpha value is -2.79. The first-order valence-corrected chi connectivity index (χ1v) is 7.10. The molecule has 0 fully saturated rings. The first kappa shape index (κ1) is 15.1. The van der Waals surface area contributed by atoms with E-state index in [4.69, 9.17) is 21.2 Å². The van der Waals surface area contributed by atoms with Gasteiger partial charge in [-0.25, -0.2) is 4.79 Å². The fraction of sp³-hybridized carbons (Fsp3) is 0.0588. The van der Waals surface area contributed by atoms with Crippen molar-refractivity contribution in [3.05, 3.63) is 64.2 Å². The Morgan fingerprint density at radius 3 is 2.65 bits per heavy atom. The van der Waals surface area contributed by atoms with E-state index < -0.39 is 5.97 Å². The minimum atomic E-state index is -0.540. The Kier molecular flexibility index (Phi) is 4.04. The molecule has 6 heteroatoms. The summed E-state index contributed by atoms with van der Waals surface area (Å²) < 4.78 is 5.06. The third-order valence-electron chi connectivity index (χ3n) is 3.33. The summed E-state index contributed by atoms with van der Waals surface area (Å²) >= 11 is 5.87. The quantitative estimate of drug-likeness (QED) is 0.692. The molecule has 0 saturated carbocycles. The highest BCUT2D eigenvalue weighted by atomic mass is 35.5. The molecule has 0 saturated heterocycles. The lowest BCUT2D eigenvalue weighted by Crippen LogP contribution is -2.06. The lowest BCUT2D eigenvalue weighted by atomic mass is 10.0. The normalized spacial score (nSPS) is 15.5. The summed E-state index contributed by atoms with van der Waals surface area (Å²) in [5.74, 6) is -0.201. The van der Waals surface area contributed by atoms with Crippen LogP contribution in [0.15, 0.2) is 53.2 Å². The van der Waals surface area contributed by atoms with Gasteiger partial charge in [-0.1, -0.05) is 35.0 Å². The Balaban J connectivity index is 2.01. The zero-order chi connectivity index (χ0) is 16.4. The highest BCUT2D eigenvalue weighted by Gasteiger charge is 2.26. The fourth-order valence-electron chi connectivity index (χ4n) is 2.18. The number of nitrogens with zero attached hydrogens (tertiary/aromatic N) is 1. The smallest absolute Gasteiger partial charge is 0.368 e. The van der Waals surface area contributed by atoms with Crippen molar-refractivity contribution in [2.45, 2.75) is 0 Å². The van der Waals surface area contributed by atoms with Crippen LogP contribution < -0.4 is 4.74 Å². The molecule has 0 bridgehead atoms. The summed E-state index contributed by atoms with van der Waals surface area (Å²) in [6, 6.07) is 11.7. The van der Waals surface area contributed by atoms with Crippen molar-refractivity contribution in [2.75, 3.05) is 7.11 Å². The lowest BCUT2D eigenvalue weighted by molar-refractivity contribution is -0.136. The zero-order valence-electron chi connectivity index (χ0n) is 12.1. The number of methoxy groups -OCH3 is 1. The number of benzene rings is 2. The summed E-state index contributed by atoms with van der Waals surface area (Å²) in [4.78, 5) is 16.7. The molecule has 0 spiro atoms. The van der Waals surface area contributed by atoms with Gasteiger partial charge in [0, 0.05) is 10.6 Å². The predicted molar refractivity (Wildman–Crippen MR) is 86.7 cm³/mol. The van der Waals surface area contributed by atoms with Crippen LogP contribution in [0.1, 0.15) is 11.1 Å². The molecule has 1 aliphatic heterocycles. The zero-order valence-corrected chi connectivity index (χ0v) is 12.9. The van der Waals surface area contributed by atoms with Gasteiger partial charge >= 0.3 is 5.97 Å². The average molecular weight is 330 g/mol. The van der Waals surface area contributed by atoms with E-state index in [9.17, 15) is 9.90 Å². The van der Waals surface area contributed by atoms with E-state index >= 15 is 0 Å². The van der Waals surface area contributed by atoms with Gasteiger partial charge in [-0.3, -0.25) is 0 Å². The van der Waals surface area contributed by atoms with Gasteiger partial charge in [-0.15, -0.1) is 0 Å². The third kappa shape index (κ3) is 3.05. The monoisotopic (exact) mass is 329 g/mol. The van der Waals surface area contributed by atoms with Gasteiger partial charge in [0.25, 0.3) is 0 Å². The largest absolute Gasteiger partial charge is 0.504 e. The Morgan fingerprint density at radius 2 is 1.96 bits per heavy atom. The molecule has 0 aliphatic carbocycles. The number of oxime groups is 1. The van der Waals surface area contributed by atoms with E-state index in [0.717, 1.165) is 5.56 Å². The summed E-state index contributed by atoms with van der Waals surface area (Å²) in [5, 5.41) is 14.1. The predicted octanol–water partition coefficient (Wildman–Crippen LogP) is 3.40. The molecule has 1 aliphatic rings. The van der Waals surface area contributed by atoms with E-state index in [1.807, 2.05) is 0 Å². The molecule has 3 rings (SSSR count). The second-order valence-electron chi connectivity index (χ2n) is 4.81. The van der Waals surface area contributed by atoms with Gasteiger partial charge in [0.1, 0.15) is 5.71 Å². The number of ether oxygens (including phenoxy) is 1. The maximum atomic E-state index is 11.9. The van der Waals surface area contributed by atoms with Crippen molar-refractivity contribution >= 4 is 29.4 Å². The van der Waals surface area contributed by atoms with Crippen LogP contribution in [0.2, 0.25) is 5.02 Å². The Labute approximate surface area is 137 Å². The molecule has 0 radical (unpaired) electrons. The van der Waals surface area contributed by atoms with Crippen molar-refractivity contribution in [2.24, 2.45) is 5.16 Å². The maximum absolute atomic E-state index is 11.9. The number of aromatic hydroxyl groups is 1. The van der Waals surface area contributed by atoms with Crippen LogP contribution >= 0.6 is 11.6 Å². The van der Waals surface area contributed by atoms with Gasteiger partial charge in [0.05, 0.1) is 12.7 Å². The van der Waals surface area contributed by atoms with Crippen LogP contribution in [-0.2, 0) is 9.63 Å². The molecule has 5 nitrogen and oxygen atoms in total. The molecule has 1 N–H and O–H groups in total. The number of hydrogen-bond donors (Lipinski definition) is 1. The molecule has 0 aromatic heterocycles. The molecule has 23 heavy (non-hydrogen) atoms. The SMILES string of the molecule is COc1cc(/C=C2\C(=O)ON=C2c2ccc(Cl)cc2)ccc1O. The molecule has 0 atom stereocenters. The molecular weight excluding hydrogens is 318 g/mol. The lowest BCUT2D eigenvalue weighted by Gasteiger charge is -2.05. The highest BCUT2D eigenvalue weighted by molar-refractivity contribution is 6.32. The maximum Gasteiger partial charge on any atom is 0.368 e. The molecular formula is C17H12ClNO4. The van der Waals surface area contributed by atoms with Crippen molar-refractivity contribution in [3.63, 3.8) is 0 Å². The summed E-state index contributed by atoms with van der Waals surface area (Å²) in [5.41, 5.74) is 2.14.